The van der Waals surface area contributed by atoms with Gasteiger partial charge in [0.1, 0.15) is 5.92 Å². The highest BCUT2D eigenvalue weighted by Gasteiger charge is 2.42. The highest BCUT2D eigenvalue weighted by molar-refractivity contribution is 5.85. The second-order valence-corrected chi connectivity index (χ2v) is 5.54. The molecule has 8 nitrogen and oxygen atoms in total. The van der Waals surface area contributed by atoms with E-state index in [1.807, 2.05) is 6.92 Å². The minimum absolute atomic E-state index is 0.0768. The number of hydrogen-bond donors (Lipinski definition) is 2. The molecule has 0 aliphatic carbocycles. The molecular formula is C16H15N5O3. The van der Waals surface area contributed by atoms with Gasteiger partial charge in [0.15, 0.2) is 0 Å². The van der Waals surface area contributed by atoms with E-state index in [0.29, 0.717) is 17.5 Å². The normalized spacial score (nSPS) is 19.2. The summed E-state index contributed by atoms with van der Waals surface area (Å²) in [7, 11) is 0. The fraction of sp³-hybridized carbons (Fsp3) is 0.312. The van der Waals surface area contributed by atoms with Crippen molar-refractivity contribution >= 4 is 11.6 Å². The first-order valence-electron chi connectivity index (χ1n) is 7.54. The Kier molecular flexibility index (Phi) is 4.00. The van der Waals surface area contributed by atoms with Gasteiger partial charge in [0.05, 0.1) is 11.0 Å². The van der Waals surface area contributed by atoms with Crippen LogP contribution >= 0.6 is 0 Å². The maximum atomic E-state index is 11.4. The van der Waals surface area contributed by atoms with Gasteiger partial charge in [0.2, 0.25) is 11.8 Å². The number of H-pyrrole nitrogens is 1. The number of nitriles is 1. The van der Waals surface area contributed by atoms with Crippen molar-refractivity contribution in [2.45, 2.75) is 25.7 Å². The van der Waals surface area contributed by atoms with Crippen LogP contribution in [0.25, 0.3) is 0 Å². The molecule has 2 heterocycles. The number of aromatic nitrogens is 2. The van der Waals surface area contributed by atoms with Crippen LogP contribution in [0.4, 0.5) is 5.69 Å². The smallest absolute Gasteiger partial charge is 0.273 e. The van der Waals surface area contributed by atoms with Crippen LogP contribution in [0.1, 0.15) is 36.1 Å². The topological polar surface area (TPSA) is 129 Å². The molecule has 1 aromatic carbocycles. The first kappa shape index (κ1) is 15.7. The summed E-state index contributed by atoms with van der Waals surface area (Å²) >= 11 is 0. The predicted octanol–water partition coefficient (Wildman–Crippen LogP) is 2.91. The quantitative estimate of drug-likeness (QED) is 0.659. The lowest BCUT2D eigenvalue weighted by molar-refractivity contribution is -0.385. The highest BCUT2D eigenvalue weighted by atomic mass is 16.6. The Morgan fingerprint density at radius 1 is 1.50 bits per heavy atom. The number of fused-ring (bicyclic) bond motifs is 1. The zero-order valence-corrected chi connectivity index (χ0v) is 12.9. The number of para-hydroxylation sites is 1. The molecule has 3 rings (SSSR count). The fourth-order valence-corrected chi connectivity index (χ4v) is 3.08. The van der Waals surface area contributed by atoms with Gasteiger partial charge in [-0.2, -0.15) is 5.26 Å². The number of nitrogens with zero attached hydrogens (tertiary/aromatic N) is 3. The van der Waals surface area contributed by atoms with Crippen molar-refractivity contribution in [2.75, 3.05) is 0 Å². The third kappa shape index (κ3) is 2.40. The van der Waals surface area contributed by atoms with Crippen LogP contribution in [-0.2, 0) is 6.42 Å². The number of ether oxygens (including phenoxy) is 1. The van der Waals surface area contributed by atoms with Crippen molar-refractivity contribution < 1.29 is 9.66 Å². The zero-order chi connectivity index (χ0) is 17.3. The molecule has 2 atom stereocenters. The summed E-state index contributed by atoms with van der Waals surface area (Å²) in [4.78, 5) is 10.9. The van der Waals surface area contributed by atoms with E-state index in [0.717, 1.165) is 12.1 Å². The minimum atomic E-state index is -0.938. The van der Waals surface area contributed by atoms with Gasteiger partial charge in [-0.15, -0.1) is 5.10 Å². The molecule has 0 bridgehead atoms. The van der Waals surface area contributed by atoms with Crippen molar-refractivity contribution in [3.8, 4) is 11.9 Å². The number of aromatic amines is 1. The molecule has 2 unspecified atom stereocenters. The van der Waals surface area contributed by atoms with Gasteiger partial charge in [0, 0.05) is 28.8 Å². The highest BCUT2D eigenvalue weighted by Crippen LogP contribution is 2.45. The second-order valence-electron chi connectivity index (χ2n) is 5.54. The summed E-state index contributed by atoms with van der Waals surface area (Å²) in [5, 5.41) is 35.9. The predicted molar refractivity (Wildman–Crippen MR) is 85.0 cm³/mol. The van der Waals surface area contributed by atoms with E-state index in [-0.39, 0.29) is 17.5 Å². The lowest BCUT2D eigenvalue weighted by atomic mass is 9.78. The molecule has 0 amide bonds. The average molecular weight is 325 g/mol. The van der Waals surface area contributed by atoms with Crippen LogP contribution in [0, 0.1) is 32.8 Å². The maximum Gasteiger partial charge on any atom is 0.273 e. The number of aryl methyl sites for hydroxylation is 1. The fourth-order valence-electron chi connectivity index (χ4n) is 3.08. The van der Waals surface area contributed by atoms with Crippen molar-refractivity contribution in [2.24, 2.45) is 5.92 Å². The molecule has 0 saturated carbocycles. The molecular weight excluding hydrogens is 310 g/mol. The third-order valence-electron chi connectivity index (χ3n) is 4.09. The third-order valence-corrected chi connectivity index (χ3v) is 4.09. The number of nitrogens with one attached hydrogen (secondary N) is 2. The van der Waals surface area contributed by atoms with E-state index in [4.69, 9.17) is 10.1 Å². The van der Waals surface area contributed by atoms with E-state index >= 15 is 0 Å². The lowest BCUT2D eigenvalue weighted by Gasteiger charge is -2.27. The van der Waals surface area contributed by atoms with Gasteiger partial charge >= 0.3 is 0 Å². The molecule has 24 heavy (non-hydrogen) atoms. The first-order valence-corrected chi connectivity index (χ1v) is 7.54. The van der Waals surface area contributed by atoms with Gasteiger partial charge in [-0.3, -0.25) is 20.6 Å². The van der Waals surface area contributed by atoms with Gasteiger partial charge < -0.3 is 4.74 Å². The monoisotopic (exact) mass is 325 g/mol. The number of nitro benzene ring substituents is 1. The maximum absolute atomic E-state index is 11.4. The second kappa shape index (κ2) is 6.12. The molecule has 0 saturated heterocycles. The van der Waals surface area contributed by atoms with E-state index in [1.165, 1.54) is 6.07 Å². The van der Waals surface area contributed by atoms with Crippen molar-refractivity contribution in [1.82, 2.24) is 10.2 Å². The minimum Gasteiger partial charge on any atom is -0.422 e. The van der Waals surface area contributed by atoms with Crippen LogP contribution in [0.3, 0.4) is 0 Å². The molecule has 0 radical (unpaired) electrons. The SMILES string of the molecule is CCCc1[nH]nc2c1C(c1ccccc1[N+](=O)[O-])C(C#N)C(=N)O2. The molecule has 2 N–H and O–H groups in total. The molecule has 2 aromatic rings. The lowest BCUT2D eigenvalue weighted by Crippen LogP contribution is -2.31. The van der Waals surface area contributed by atoms with Gasteiger partial charge in [-0.05, 0) is 6.42 Å². The van der Waals surface area contributed by atoms with Gasteiger partial charge in [0.25, 0.3) is 5.69 Å². The number of rotatable bonds is 4. The Balaban J connectivity index is 2.25. The van der Waals surface area contributed by atoms with E-state index < -0.39 is 16.8 Å². The van der Waals surface area contributed by atoms with Gasteiger partial charge in [-0.25, -0.2) is 0 Å². The molecule has 0 spiro atoms. The Morgan fingerprint density at radius 3 is 2.92 bits per heavy atom. The van der Waals surface area contributed by atoms with Crippen molar-refractivity contribution in [1.29, 1.82) is 10.7 Å². The summed E-state index contributed by atoms with van der Waals surface area (Å²) in [5.74, 6) is -1.62. The first-order chi connectivity index (χ1) is 11.6. The van der Waals surface area contributed by atoms with Gasteiger partial charge in [-0.1, -0.05) is 31.5 Å². The summed E-state index contributed by atoms with van der Waals surface area (Å²) in [6.07, 6.45) is 1.52. The van der Waals surface area contributed by atoms with Crippen LogP contribution in [-0.4, -0.2) is 21.0 Å². The molecule has 1 aliphatic rings. The van der Waals surface area contributed by atoms with Crippen molar-refractivity contribution in [3.05, 3.63) is 51.2 Å². The molecule has 1 aromatic heterocycles. The summed E-state index contributed by atoms with van der Waals surface area (Å²) < 4.78 is 5.36. The van der Waals surface area contributed by atoms with Crippen LogP contribution < -0.4 is 4.74 Å². The van der Waals surface area contributed by atoms with Crippen LogP contribution in [0.15, 0.2) is 24.3 Å². The Morgan fingerprint density at radius 2 is 2.25 bits per heavy atom. The number of hydrogen-bond acceptors (Lipinski definition) is 6. The zero-order valence-electron chi connectivity index (χ0n) is 12.9. The largest absolute Gasteiger partial charge is 0.422 e. The average Bonchev–Trinajstić information content (AvgIpc) is 2.96. The van der Waals surface area contributed by atoms with Crippen molar-refractivity contribution in [3.63, 3.8) is 0 Å². The van der Waals surface area contributed by atoms with Crippen LogP contribution in [0.2, 0.25) is 0 Å². The molecule has 0 fully saturated rings. The van der Waals surface area contributed by atoms with E-state index in [2.05, 4.69) is 16.3 Å². The number of benzene rings is 1. The summed E-state index contributed by atoms with van der Waals surface area (Å²) in [5.41, 5.74) is 1.73. The Hall–Kier alpha value is -3.21. The summed E-state index contributed by atoms with van der Waals surface area (Å²) in [6, 6.07) is 8.35. The molecule has 122 valence electrons. The number of nitro groups is 1. The molecule has 1 aliphatic heterocycles. The van der Waals surface area contributed by atoms with E-state index in [1.54, 1.807) is 18.2 Å². The molecule has 8 heteroatoms. The standard InChI is InChI=1S/C16H15N5O3/c1-2-5-11-14-13(9-6-3-4-7-12(9)21(22)23)10(8-17)15(18)24-16(14)20-19-11/h3-4,6-7,10,13,18H,2,5H2,1H3,(H,19,20). The van der Waals surface area contributed by atoms with E-state index in [9.17, 15) is 15.4 Å². The summed E-state index contributed by atoms with van der Waals surface area (Å²) in [6.45, 7) is 2.00. The Labute approximate surface area is 137 Å². The van der Waals surface area contributed by atoms with Crippen LogP contribution in [0.5, 0.6) is 5.88 Å². The Bertz CT molecular complexity index is 852.